The van der Waals surface area contributed by atoms with Crippen molar-refractivity contribution < 1.29 is 15.1 Å². The second-order valence-electron chi connectivity index (χ2n) is 7.57. The molecule has 1 aliphatic carbocycles. The van der Waals surface area contributed by atoms with Crippen molar-refractivity contribution in [3.05, 3.63) is 24.3 Å². The van der Waals surface area contributed by atoms with Gasteiger partial charge in [0.05, 0.1) is 6.10 Å². The Morgan fingerprint density at radius 1 is 1.10 bits per heavy atom. The molecule has 2 atom stereocenters. The normalized spacial score (nSPS) is 36.0. The number of aliphatic hydroxyl groups excluding tert-OH is 2. The molecular formula is C17H29NO3. The van der Waals surface area contributed by atoms with Crippen molar-refractivity contribution in [3.63, 3.8) is 0 Å². The lowest BCUT2D eigenvalue weighted by Gasteiger charge is -2.56. The summed E-state index contributed by atoms with van der Waals surface area (Å²) in [4.78, 5) is 6.39. The maximum absolute atomic E-state index is 10.4. The molecule has 0 spiro atoms. The van der Waals surface area contributed by atoms with Crippen LogP contribution in [-0.2, 0) is 4.84 Å². The molecule has 0 aromatic heterocycles. The molecule has 2 aliphatic rings. The highest BCUT2D eigenvalue weighted by Crippen LogP contribution is 2.42. The van der Waals surface area contributed by atoms with Crippen molar-refractivity contribution in [2.75, 3.05) is 0 Å². The van der Waals surface area contributed by atoms with Crippen LogP contribution in [0.25, 0.3) is 0 Å². The topological polar surface area (TPSA) is 52.9 Å². The minimum atomic E-state index is -0.731. The van der Waals surface area contributed by atoms with Gasteiger partial charge in [-0.25, -0.2) is 0 Å². The van der Waals surface area contributed by atoms with Crippen LogP contribution >= 0.6 is 0 Å². The van der Waals surface area contributed by atoms with E-state index in [-0.39, 0.29) is 17.2 Å². The van der Waals surface area contributed by atoms with E-state index in [0.29, 0.717) is 19.3 Å². The molecule has 0 aromatic carbocycles. The first-order valence-corrected chi connectivity index (χ1v) is 7.85. The van der Waals surface area contributed by atoms with Gasteiger partial charge in [-0.15, -0.1) is 0 Å². The lowest BCUT2D eigenvalue weighted by molar-refractivity contribution is -0.344. The zero-order valence-corrected chi connectivity index (χ0v) is 13.8. The van der Waals surface area contributed by atoms with Crippen LogP contribution in [0.4, 0.5) is 0 Å². The molecule has 2 rings (SSSR count). The molecule has 4 nitrogen and oxygen atoms in total. The Kier molecular flexibility index (Phi) is 4.37. The lowest BCUT2D eigenvalue weighted by atomic mass is 9.80. The Hall–Kier alpha value is -0.680. The van der Waals surface area contributed by atoms with Crippen LogP contribution < -0.4 is 0 Å². The number of hydrogen-bond acceptors (Lipinski definition) is 4. The summed E-state index contributed by atoms with van der Waals surface area (Å²) in [5, 5.41) is 22.5. The maximum Gasteiger partial charge on any atom is 0.137 e. The molecule has 4 heteroatoms. The molecule has 0 saturated carbocycles. The standard InChI is InChI=1S/C17H29NO3/c1-6-17(10-8-7-9-14(17)20)21-18-15(2,3)11-13(19)12-16(18,4)5/h7-10,13-14,19-20H,6,11-12H2,1-5H3. The molecular weight excluding hydrogens is 266 g/mol. The van der Waals surface area contributed by atoms with Gasteiger partial charge in [-0.05, 0) is 53.0 Å². The molecule has 0 bridgehead atoms. The zero-order chi connectivity index (χ0) is 15.9. The number of piperidine rings is 1. The van der Waals surface area contributed by atoms with Gasteiger partial charge in [-0.1, -0.05) is 25.2 Å². The Labute approximate surface area is 128 Å². The predicted molar refractivity (Wildman–Crippen MR) is 83.6 cm³/mol. The van der Waals surface area contributed by atoms with Gasteiger partial charge in [0.15, 0.2) is 0 Å². The van der Waals surface area contributed by atoms with Crippen molar-refractivity contribution >= 4 is 0 Å². The highest BCUT2D eigenvalue weighted by molar-refractivity contribution is 5.23. The minimum absolute atomic E-state index is 0.294. The zero-order valence-electron chi connectivity index (χ0n) is 13.8. The van der Waals surface area contributed by atoms with Gasteiger partial charge in [-0.3, -0.25) is 4.84 Å². The lowest BCUT2D eigenvalue weighted by Crippen LogP contribution is -2.65. The summed E-state index contributed by atoms with van der Waals surface area (Å²) in [6, 6.07) is 0. The molecule has 1 aliphatic heterocycles. The van der Waals surface area contributed by atoms with Crippen molar-refractivity contribution in [2.45, 2.75) is 82.8 Å². The van der Waals surface area contributed by atoms with Crippen LogP contribution in [-0.4, -0.2) is 44.2 Å². The van der Waals surface area contributed by atoms with Gasteiger partial charge < -0.3 is 10.2 Å². The van der Waals surface area contributed by atoms with Gasteiger partial charge in [0.2, 0.25) is 0 Å². The second kappa shape index (κ2) is 5.51. The third-order valence-electron chi connectivity index (χ3n) is 4.67. The highest BCUT2D eigenvalue weighted by Gasteiger charge is 2.50. The van der Waals surface area contributed by atoms with Gasteiger partial charge in [0.1, 0.15) is 11.7 Å². The first-order valence-electron chi connectivity index (χ1n) is 7.85. The molecule has 1 saturated heterocycles. The Morgan fingerprint density at radius 3 is 2.14 bits per heavy atom. The quantitative estimate of drug-likeness (QED) is 0.840. The summed E-state index contributed by atoms with van der Waals surface area (Å²) in [5.41, 5.74) is -1.32. The SMILES string of the molecule is CCC1(ON2C(C)(C)CC(O)CC2(C)C)C=CC=CC1O. The third kappa shape index (κ3) is 3.09. The Morgan fingerprint density at radius 2 is 1.67 bits per heavy atom. The van der Waals surface area contributed by atoms with Gasteiger partial charge >= 0.3 is 0 Å². The van der Waals surface area contributed by atoms with Gasteiger partial charge in [-0.2, -0.15) is 5.06 Å². The molecule has 21 heavy (non-hydrogen) atoms. The Balaban J connectivity index is 2.31. The monoisotopic (exact) mass is 295 g/mol. The van der Waals surface area contributed by atoms with E-state index in [1.54, 1.807) is 6.08 Å². The molecule has 0 amide bonds. The van der Waals surface area contributed by atoms with Gasteiger partial charge in [0, 0.05) is 11.1 Å². The van der Waals surface area contributed by atoms with Crippen molar-refractivity contribution in [2.24, 2.45) is 0 Å². The summed E-state index contributed by atoms with van der Waals surface area (Å²) in [6.45, 7) is 10.3. The number of allylic oxidation sites excluding steroid dienone is 2. The van der Waals surface area contributed by atoms with Crippen LogP contribution in [0.5, 0.6) is 0 Å². The number of aliphatic hydroxyl groups is 2. The van der Waals surface area contributed by atoms with E-state index in [1.807, 2.05) is 30.2 Å². The number of rotatable bonds is 3. The van der Waals surface area contributed by atoms with Crippen molar-refractivity contribution in [1.29, 1.82) is 0 Å². The summed E-state index contributed by atoms with van der Waals surface area (Å²) in [7, 11) is 0. The summed E-state index contributed by atoms with van der Waals surface area (Å²) in [5.74, 6) is 0. The summed E-state index contributed by atoms with van der Waals surface area (Å²) >= 11 is 0. The molecule has 1 heterocycles. The summed E-state index contributed by atoms with van der Waals surface area (Å²) in [6.07, 6.45) is 8.49. The largest absolute Gasteiger partial charge is 0.393 e. The van der Waals surface area contributed by atoms with Crippen LogP contribution in [0.15, 0.2) is 24.3 Å². The van der Waals surface area contributed by atoms with Crippen molar-refractivity contribution in [1.82, 2.24) is 5.06 Å². The van der Waals surface area contributed by atoms with Crippen LogP contribution in [0.2, 0.25) is 0 Å². The first kappa shape index (κ1) is 16.7. The van der Waals surface area contributed by atoms with Crippen LogP contribution in [0, 0.1) is 0 Å². The molecule has 0 aromatic rings. The highest BCUT2D eigenvalue weighted by atomic mass is 16.7. The predicted octanol–water partition coefficient (Wildman–Crippen LogP) is 2.57. The number of nitrogens with zero attached hydrogens (tertiary/aromatic N) is 1. The fourth-order valence-corrected chi connectivity index (χ4v) is 3.75. The molecule has 120 valence electrons. The van der Waals surface area contributed by atoms with Gasteiger partial charge in [0.25, 0.3) is 0 Å². The van der Waals surface area contributed by atoms with E-state index >= 15 is 0 Å². The number of hydroxylamine groups is 2. The average molecular weight is 295 g/mol. The van der Waals surface area contributed by atoms with E-state index in [0.717, 1.165) is 0 Å². The first-order chi connectivity index (χ1) is 9.63. The molecule has 0 radical (unpaired) electrons. The van der Waals surface area contributed by atoms with E-state index in [4.69, 9.17) is 4.84 Å². The average Bonchev–Trinajstić information content (AvgIpc) is 2.34. The van der Waals surface area contributed by atoms with E-state index in [9.17, 15) is 10.2 Å². The fraction of sp³-hybridized carbons (Fsp3) is 0.765. The third-order valence-corrected chi connectivity index (χ3v) is 4.67. The smallest absolute Gasteiger partial charge is 0.137 e. The fourth-order valence-electron chi connectivity index (χ4n) is 3.75. The van der Waals surface area contributed by atoms with Crippen LogP contribution in [0.3, 0.4) is 0 Å². The van der Waals surface area contributed by atoms with E-state index < -0.39 is 11.7 Å². The summed E-state index contributed by atoms with van der Waals surface area (Å²) < 4.78 is 0. The molecule has 2 N–H and O–H groups in total. The Bertz CT molecular complexity index is 423. The maximum atomic E-state index is 10.4. The van der Waals surface area contributed by atoms with E-state index in [1.165, 1.54) is 0 Å². The minimum Gasteiger partial charge on any atom is -0.393 e. The van der Waals surface area contributed by atoms with Crippen LogP contribution in [0.1, 0.15) is 53.9 Å². The molecule has 2 unspecified atom stereocenters. The van der Waals surface area contributed by atoms with Crippen molar-refractivity contribution in [3.8, 4) is 0 Å². The molecule has 1 fully saturated rings. The van der Waals surface area contributed by atoms with E-state index in [2.05, 4.69) is 27.7 Å². The number of hydrogen-bond donors (Lipinski definition) is 2. The second-order valence-corrected chi connectivity index (χ2v) is 7.57.